The van der Waals surface area contributed by atoms with E-state index in [0.29, 0.717) is 5.92 Å². The highest BCUT2D eigenvalue weighted by molar-refractivity contribution is 5.99. The fourth-order valence-corrected chi connectivity index (χ4v) is 3.58. The second-order valence-corrected chi connectivity index (χ2v) is 6.81. The molecule has 2 heterocycles. The molecule has 1 spiro atoms. The molecule has 1 N–H and O–H groups in total. The number of hydrogen-bond acceptors (Lipinski definition) is 3. The first-order chi connectivity index (χ1) is 10.0. The minimum absolute atomic E-state index is 0.218. The summed E-state index contributed by atoms with van der Waals surface area (Å²) >= 11 is 0. The van der Waals surface area contributed by atoms with Gasteiger partial charge in [0.2, 0.25) is 5.91 Å². The molecule has 114 valence electrons. The van der Waals surface area contributed by atoms with Crippen molar-refractivity contribution >= 4 is 11.6 Å². The summed E-state index contributed by atoms with van der Waals surface area (Å²) in [5.74, 6) is 0.632. The van der Waals surface area contributed by atoms with Gasteiger partial charge in [0, 0.05) is 12.2 Å². The van der Waals surface area contributed by atoms with Gasteiger partial charge in [0.05, 0.1) is 23.4 Å². The van der Waals surface area contributed by atoms with Crippen LogP contribution in [0, 0.1) is 5.41 Å². The molecule has 4 heteroatoms. The molecule has 1 aromatic heterocycles. The normalized spacial score (nSPS) is 29.6. The van der Waals surface area contributed by atoms with Gasteiger partial charge in [-0.05, 0) is 50.2 Å². The highest BCUT2D eigenvalue weighted by atomic mass is 16.3. The zero-order valence-electron chi connectivity index (χ0n) is 12.9. The van der Waals surface area contributed by atoms with Crippen molar-refractivity contribution < 1.29 is 9.90 Å². The highest BCUT2D eigenvalue weighted by Gasteiger charge is 2.48. The Morgan fingerprint density at radius 3 is 2.57 bits per heavy atom. The van der Waals surface area contributed by atoms with Gasteiger partial charge in [-0.3, -0.25) is 9.78 Å². The first kappa shape index (κ1) is 14.5. The molecule has 21 heavy (non-hydrogen) atoms. The van der Waals surface area contributed by atoms with Crippen LogP contribution in [0.2, 0.25) is 0 Å². The molecular formula is C17H24N2O2. The van der Waals surface area contributed by atoms with E-state index in [-0.39, 0.29) is 17.4 Å². The third kappa shape index (κ3) is 2.57. The van der Waals surface area contributed by atoms with Crippen LogP contribution in [0.3, 0.4) is 0 Å². The summed E-state index contributed by atoms with van der Waals surface area (Å²) in [7, 11) is 0. The van der Waals surface area contributed by atoms with E-state index in [0.717, 1.165) is 50.0 Å². The first-order valence-corrected chi connectivity index (χ1v) is 7.98. The summed E-state index contributed by atoms with van der Waals surface area (Å²) < 4.78 is 0. The van der Waals surface area contributed by atoms with Gasteiger partial charge in [-0.15, -0.1) is 0 Å². The standard InChI is InChI=1S/C17H24N2O2/c1-12(2)15-4-3-13(11-18-15)19-10-9-17(16(19)21)7-5-14(20)6-8-17/h3-4,11-12,14,20H,5-10H2,1-2H3. The van der Waals surface area contributed by atoms with Crippen molar-refractivity contribution in [3.63, 3.8) is 0 Å². The number of aliphatic hydroxyl groups is 1. The summed E-state index contributed by atoms with van der Waals surface area (Å²) in [4.78, 5) is 19.2. The van der Waals surface area contributed by atoms with Crippen molar-refractivity contribution in [1.82, 2.24) is 4.98 Å². The summed E-state index contributed by atoms with van der Waals surface area (Å²) in [5.41, 5.74) is 1.74. The average Bonchev–Trinajstić information content (AvgIpc) is 2.80. The lowest BCUT2D eigenvalue weighted by atomic mass is 9.72. The van der Waals surface area contributed by atoms with E-state index in [2.05, 4.69) is 18.8 Å². The Labute approximate surface area is 126 Å². The maximum atomic E-state index is 12.8. The number of rotatable bonds is 2. The quantitative estimate of drug-likeness (QED) is 0.910. The second kappa shape index (κ2) is 5.41. The molecule has 0 unspecified atom stereocenters. The Kier molecular flexibility index (Phi) is 3.74. The Hall–Kier alpha value is -1.42. The van der Waals surface area contributed by atoms with Crippen LogP contribution in [0.15, 0.2) is 18.3 Å². The molecule has 1 aliphatic carbocycles. The SMILES string of the molecule is CC(C)c1ccc(N2CCC3(CCC(O)CC3)C2=O)cn1. The Morgan fingerprint density at radius 1 is 1.29 bits per heavy atom. The van der Waals surface area contributed by atoms with Crippen molar-refractivity contribution in [2.45, 2.75) is 58.0 Å². The van der Waals surface area contributed by atoms with Gasteiger partial charge in [0.15, 0.2) is 0 Å². The second-order valence-electron chi connectivity index (χ2n) is 6.81. The number of carbonyl (C=O) groups is 1. The third-order valence-electron chi connectivity index (χ3n) is 5.10. The molecule has 0 radical (unpaired) electrons. The number of anilines is 1. The van der Waals surface area contributed by atoms with Gasteiger partial charge in [-0.1, -0.05) is 13.8 Å². The molecule has 1 aliphatic heterocycles. The molecule has 1 aromatic rings. The molecule has 0 aromatic carbocycles. The molecule has 2 fully saturated rings. The summed E-state index contributed by atoms with van der Waals surface area (Å²) in [5, 5.41) is 9.67. The summed E-state index contributed by atoms with van der Waals surface area (Å²) in [6, 6.07) is 4.03. The van der Waals surface area contributed by atoms with E-state index in [1.165, 1.54) is 0 Å². The molecule has 3 rings (SSSR count). The minimum atomic E-state index is -0.226. The van der Waals surface area contributed by atoms with Crippen LogP contribution >= 0.6 is 0 Å². The number of hydrogen-bond donors (Lipinski definition) is 1. The molecule has 0 bridgehead atoms. The minimum Gasteiger partial charge on any atom is -0.393 e. The van der Waals surface area contributed by atoms with Crippen molar-refractivity contribution in [3.8, 4) is 0 Å². The molecule has 4 nitrogen and oxygen atoms in total. The number of aliphatic hydroxyl groups excluding tert-OH is 1. The van der Waals surface area contributed by atoms with Crippen LogP contribution in [0.5, 0.6) is 0 Å². The van der Waals surface area contributed by atoms with Crippen LogP contribution in [-0.4, -0.2) is 28.6 Å². The van der Waals surface area contributed by atoms with Crippen LogP contribution in [0.1, 0.15) is 57.6 Å². The molecule has 1 saturated carbocycles. The van der Waals surface area contributed by atoms with Crippen molar-refractivity contribution in [2.75, 3.05) is 11.4 Å². The van der Waals surface area contributed by atoms with Crippen molar-refractivity contribution in [3.05, 3.63) is 24.0 Å². The van der Waals surface area contributed by atoms with Crippen molar-refractivity contribution in [1.29, 1.82) is 0 Å². The lowest BCUT2D eigenvalue weighted by molar-refractivity contribution is -0.128. The first-order valence-electron chi connectivity index (χ1n) is 7.98. The van der Waals surface area contributed by atoms with E-state index < -0.39 is 0 Å². The molecule has 1 saturated heterocycles. The molecule has 0 atom stereocenters. The van der Waals surface area contributed by atoms with E-state index in [1.807, 2.05) is 23.2 Å². The van der Waals surface area contributed by atoms with E-state index >= 15 is 0 Å². The highest BCUT2D eigenvalue weighted by Crippen LogP contribution is 2.45. The number of pyridine rings is 1. The molecular weight excluding hydrogens is 264 g/mol. The number of amides is 1. The fourth-order valence-electron chi connectivity index (χ4n) is 3.58. The van der Waals surface area contributed by atoms with Gasteiger partial charge in [-0.25, -0.2) is 0 Å². The zero-order chi connectivity index (χ0) is 15.0. The average molecular weight is 288 g/mol. The van der Waals surface area contributed by atoms with Gasteiger partial charge in [0.25, 0.3) is 0 Å². The maximum absolute atomic E-state index is 12.8. The zero-order valence-corrected chi connectivity index (χ0v) is 12.9. The van der Waals surface area contributed by atoms with Gasteiger partial charge < -0.3 is 10.0 Å². The predicted octanol–water partition coefficient (Wildman–Crippen LogP) is 2.86. The lowest BCUT2D eigenvalue weighted by Crippen LogP contribution is -2.38. The topological polar surface area (TPSA) is 53.4 Å². The Balaban J connectivity index is 1.77. The number of carbonyl (C=O) groups excluding carboxylic acids is 1. The summed E-state index contributed by atoms with van der Waals surface area (Å²) in [6.45, 7) is 5.01. The lowest BCUT2D eigenvalue weighted by Gasteiger charge is -2.33. The third-order valence-corrected chi connectivity index (χ3v) is 5.10. The number of nitrogens with zero attached hydrogens (tertiary/aromatic N) is 2. The van der Waals surface area contributed by atoms with Crippen molar-refractivity contribution in [2.24, 2.45) is 5.41 Å². The van der Waals surface area contributed by atoms with Crippen LogP contribution in [-0.2, 0) is 4.79 Å². The molecule has 2 aliphatic rings. The Bertz CT molecular complexity index is 516. The maximum Gasteiger partial charge on any atom is 0.233 e. The van der Waals surface area contributed by atoms with E-state index in [9.17, 15) is 9.90 Å². The van der Waals surface area contributed by atoms with Crippen LogP contribution in [0.25, 0.3) is 0 Å². The van der Waals surface area contributed by atoms with Crippen LogP contribution < -0.4 is 4.90 Å². The largest absolute Gasteiger partial charge is 0.393 e. The Morgan fingerprint density at radius 2 is 2.00 bits per heavy atom. The fraction of sp³-hybridized carbons (Fsp3) is 0.647. The van der Waals surface area contributed by atoms with E-state index in [4.69, 9.17) is 0 Å². The van der Waals surface area contributed by atoms with E-state index in [1.54, 1.807) is 0 Å². The van der Waals surface area contributed by atoms with Gasteiger partial charge in [-0.2, -0.15) is 0 Å². The van der Waals surface area contributed by atoms with Gasteiger partial charge >= 0.3 is 0 Å². The smallest absolute Gasteiger partial charge is 0.233 e. The number of aromatic nitrogens is 1. The van der Waals surface area contributed by atoms with Crippen LogP contribution in [0.4, 0.5) is 5.69 Å². The monoisotopic (exact) mass is 288 g/mol. The summed E-state index contributed by atoms with van der Waals surface area (Å²) in [6.07, 6.45) is 5.66. The van der Waals surface area contributed by atoms with Gasteiger partial charge in [0.1, 0.15) is 0 Å². The molecule has 1 amide bonds. The predicted molar refractivity (Wildman–Crippen MR) is 82.2 cm³/mol.